The Morgan fingerprint density at radius 2 is 2.17 bits per heavy atom. The number of hydrogen-bond acceptors (Lipinski definition) is 2. The summed E-state index contributed by atoms with van der Waals surface area (Å²) in [5, 5.41) is 6.30. The average molecular weight is 246 g/mol. The number of nitrogens with one attached hydrogen (secondary N) is 2. The zero-order valence-corrected chi connectivity index (χ0v) is 11.4. The lowest BCUT2D eigenvalue weighted by Crippen LogP contribution is -2.41. The zero-order valence-electron chi connectivity index (χ0n) is 11.4. The van der Waals surface area contributed by atoms with Gasteiger partial charge >= 0.3 is 0 Å². The monoisotopic (exact) mass is 246 g/mol. The summed E-state index contributed by atoms with van der Waals surface area (Å²) in [7, 11) is 0. The quantitative estimate of drug-likeness (QED) is 0.858. The van der Waals surface area contributed by atoms with Crippen molar-refractivity contribution >= 4 is 5.91 Å². The lowest BCUT2D eigenvalue weighted by atomic mass is 10.0. The molecule has 0 aliphatic carbocycles. The Labute approximate surface area is 109 Å². The van der Waals surface area contributed by atoms with Crippen LogP contribution in [0.3, 0.4) is 0 Å². The van der Waals surface area contributed by atoms with E-state index in [2.05, 4.69) is 42.7 Å². The van der Waals surface area contributed by atoms with Crippen molar-refractivity contribution in [1.82, 2.24) is 10.6 Å². The third-order valence-corrected chi connectivity index (χ3v) is 3.77. The molecular formula is C15H22N2O. The molecule has 1 fully saturated rings. The van der Waals surface area contributed by atoms with Crippen LogP contribution in [0.2, 0.25) is 0 Å². The minimum atomic E-state index is -0.000930. The Morgan fingerprint density at radius 1 is 1.39 bits per heavy atom. The van der Waals surface area contributed by atoms with E-state index in [-0.39, 0.29) is 18.0 Å². The van der Waals surface area contributed by atoms with Gasteiger partial charge in [-0.1, -0.05) is 18.2 Å². The van der Waals surface area contributed by atoms with E-state index < -0.39 is 0 Å². The molecule has 1 amide bonds. The molecule has 18 heavy (non-hydrogen) atoms. The van der Waals surface area contributed by atoms with Gasteiger partial charge in [-0.25, -0.2) is 0 Å². The predicted octanol–water partition coefficient (Wildman–Crippen LogP) is 2.23. The molecule has 1 aliphatic heterocycles. The molecule has 98 valence electrons. The topological polar surface area (TPSA) is 41.1 Å². The highest BCUT2D eigenvalue weighted by molar-refractivity contribution is 5.82. The van der Waals surface area contributed by atoms with Gasteiger partial charge in [-0.05, 0) is 56.8 Å². The number of hydrogen-bond donors (Lipinski definition) is 2. The first-order valence-corrected chi connectivity index (χ1v) is 6.69. The fourth-order valence-corrected chi connectivity index (χ4v) is 2.34. The number of benzene rings is 1. The van der Waals surface area contributed by atoms with E-state index in [1.165, 1.54) is 16.7 Å². The van der Waals surface area contributed by atoms with Crippen molar-refractivity contribution in [2.24, 2.45) is 0 Å². The molecule has 1 saturated heterocycles. The molecule has 3 heteroatoms. The van der Waals surface area contributed by atoms with Gasteiger partial charge in [0.25, 0.3) is 0 Å². The second-order valence-corrected chi connectivity index (χ2v) is 5.22. The third kappa shape index (κ3) is 2.91. The summed E-state index contributed by atoms with van der Waals surface area (Å²) in [4.78, 5) is 12.0. The summed E-state index contributed by atoms with van der Waals surface area (Å²) in [6, 6.07) is 6.43. The molecule has 1 aromatic carbocycles. The maximum atomic E-state index is 12.0. The molecule has 0 aromatic heterocycles. The first-order chi connectivity index (χ1) is 8.58. The average Bonchev–Trinajstić information content (AvgIpc) is 2.86. The first-order valence-electron chi connectivity index (χ1n) is 6.69. The molecule has 1 heterocycles. The molecule has 1 aliphatic rings. The van der Waals surface area contributed by atoms with Crippen molar-refractivity contribution in [3.8, 4) is 0 Å². The van der Waals surface area contributed by atoms with Crippen LogP contribution in [-0.4, -0.2) is 18.5 Å². The van der Waals surface area contributed by atoms with Crippen molar-refractivity contribution in [3.63, 3.8) is 0 Å². The molecule has 0 spiro atoms. The van der Waals surface area contributed by atoms with Crippen LogP contribution >= 0.6 is 0 Å². The van der Waals surface area contributed by atoms with Crippen molar-refractivity contribution in [2.75, 3.05) is 6.54 Å². The molecule has 2 rings (SSSR count). The van der Waals surface area contributed by atoms with Crippen molar-refractivity contribution in [3.05, 3.63) is 34.9 Å². The van der Waals surface area contributed by atoms with Crippen molar-refractivity contribution < 1.29 is 4.79 Å². The van der Waals surface area contributed by atoms with Gasteiger partial charge < -0.3 is 10.6 Å². The van der Waals surface area contributed by atoms with Gasteiger partial charge in [-0.3, -0.25) is 4.79 Å². The van der Waals surface area contributed by atoms with Crippen LogP contribution in [0.25, 0.3) is 0 Å². The summed E-state index contributed by atoms with van der Waals surface area (Å²) in [6.45, 7) is 7.20. The van der Waals surface area contributed by atoms with Crippen molar-refractivity contribution in [2.45, 2.75) is 45.7 Å². The Balaban J connectivity index is 2.00. The van der Waals surface area contributed by atoms with Gasteiger partial charge in [0.15, 0.2) is 0 Å². The highest BCUT2D eigenvalue weighted by Gasteiger charge is 2.23. The normalized spacial score (nSPS) is 20.7. The van der Waals surface area contributed by atoms with E-state index in [1.54, 1.807) is 0 Å². The van der Waals surface area contributed by atoms with Crippen LogP contribution < -0.4 is 10.6 Å². The first kappa shape index (κ1) is 13.1. The third-order valence-electron chi connectivity index (χ3n) is 3.77. The van der Waals surface area contributed by atoms with E-state index in [4.69, 9.17) is 0 Å². The van der Waals surface area contributed by atoms with Crippen molar-refractivity contribution in [1.29, 1.82) is 0 Å². The lowest BCUT2D eigenvalue weighted by molar-refractivity contribution is -0.123. The van der Waals surface area contributed by atoms with Gasteiger partial charge in [-0.2, -0.15) is 0 Å². The molecular weight excluding hydrogens is 224 g/mol. The Kier molecular flexibility index (Phi) is 4.02. The van der Waals surface area contributed by atoms with E-state index in [1.807, 2.05) is 6.92 Å². The minimum absolute atomic E-state index is 0.000930. The summed E-state index contributed by atoms with van der Waals surface area (Å²) in [6.07, 6.45) is 2.04. The fraction of sp³-hybridized carbons (Fsp3) is 0.533. The predicted molar refractivity (Wildman–Crippen MR) is 73.5 cm³/mol. The number of rotatable bonds is 3. The molecule has 2 N–H and O–H groups in total. The molecule has 1 aromatic rings. The van der Waals surface area contributed by atoms with E-state index in [0.29, 0.717) is 0 Å². The highest BCUT2D eigenvalue weighted by Crippen LogP contribution is 2.17. The number of amides is 1. The summed E-state index contributed by atoms with van der Waals surface area (Å²) < 4.78 is 0. The number of carbonyl (C=O) groups excluding carboxylic acids is 1. The lowest BCUT2D eigenvalue weighted by Gasteiger charge is -2.18. The maximum Gasteiger partial charge on any atom is 0.237 e. The molecule has 2 unspecified atom stereocenters. The Bertz CT molecular complexity index is 436. The van der Waals surface area contributed by atoms with Gasteiger partial charge in [0, 0.05) is 0 Å². The van der Waals surface area contributed by atoms with Gasteiger partial charge in [0.1, 0.15) is 0 Å². The SMILES string of the molecule is Cc1ccc(C(C)NC(=O)C2CCCN2)cc1C. The largest absolute Gasteiger partial charge is 0.348 e. The molecule has 0 radical (unpaired) electrons. The van der Waals surface area contributed by atoms with Crippen LogP contribution in [0.5, 0.6) is 0 Å². The standard InChI is InChI=1S/C15H22N2O/c1-10-6-7-13(9-11(10)2)12(3)17-15(18)14-5-4-8-16-14/h6-7,9,12,14,16H,4-5,8H2,1-3H3,(H,17,18). The minimum Gasteiger partial charge on any atom is -0.348 e. The van der Waals surface area contributed by atoms with E-state index in [0.717, 1.165) is 19.4 Å². The van der Waals surface area contributed by atoms with E-state index in [9.17, 15) is 4.79 Å². The van der Waals surface area contributed by atoms with Crippen LogP contribution in [0.4, 0.5) is 0 Å². The summed E-state index contributed by atoms with van der Waals surface area (Å²) in [5.41, 5.74) is 3.73. The summed E-state index contributed by atoms with van der Waals surface area (Å²) >= 11 is 0. The number of aryl methyl sites for hydroxylation is 2. The van der Waals surface area contributed by atoms with Crippen LogP contribution in [0, 0.1) is 13.8 Å². The second-order valence-electron chi connectivity index (χ2n) is 5.22. The molecule has 0 bridgehead atoms. The van der Waals surface area contributed by atoms with Crippen LogP contribution in [-0.2, 0) is 4.79 Å². The van der Waals surface area contributed by atoms with Gasteiger partial charge in [0.05, 0.1) is 12.1 Å². The Morgan fingerprint density at radius 3 is 2.78 bits per heavy atom. The number of carbonyl (C=O) groups is 1. The highest BCUT2D eigenvalue weighted by atomic mass is 16.2. The molecule has 2 atom stereocenters. The Hall–Kier alpha value is -1.35. The molecule has 0 saturated carbocycles. The van der Waals surface area contributed by atoms with Crippen LogP contribution in [0.15, 0.2) is 18.2 Å². The fourth-order valence-electron chi connectivity index (χ4n) is 2.34. The van der Waals surface area contributed by atoms with Gasteiger partial charge in [-0.15, -0.1) is 0 Å². The maximum absolute atomic E-state index is 12.0. The second kappa shape index (κ2) is 5.53. The van der Waals surface area contributed by atoms with Gasteiger partial charge in [0.2, 0.25) is 5.91 Å². The molecule has 3 nitrogen and oxygen atoms in total. The van der Waals surface area contributed by atoms with E-state index >= 15 is 0 Å². The smallest absolute Gasteiger partial charge is 0.237 e. The van der Waals surface area contributed by atoms with Crippen LogP contribution in [0.1, 0.15) is 42.5 Å². The zero-order chi connectivity index (χ0) is 13.1. The summed E-state index contributed by atoms with van der Waals surface area (Å²) in [5.74, 6) is 0.123.